The summed E-state index contributed by atoms with van der Waals surface area (Å²) in [5, 5.41) is 10.5. The number of carbonyl (C=O) groups excluding carboxylic acids is 1. The van der Waals surface area contributed by atoms with E-state index in [2.05, 4.69) is 19.1 Å². The minimum atomic E-state index is -0.238. The molecule has 0 amide bonds. The number of allylic oxidation sites excluding steroid dienone is 3. The molecule has 0 aromatic heterocycles. The molecular formula is C19H26O2. The predicted octanol–water partition coefficient (Wildman–Crippen LogP) is 3.66. The van der Waals surface area contributed by atoms with Gasteiger partial charge in [0.15, 0.2) is 5.78 Å². The number of aliphatic hydroxyl groups excluding tert-OH is 1. The zero-order chi connectivity index (χ0) is 14.6. The van der Waals surface area contributed by atoms with Gasteiger partial charge in [-0.15, -0.1) is 0 Å². The van der Waals surface area contributed by atoms with Crippen molar-refractivity contribution in [2.75, 3.05) is 0 Å². The maximum Gasteiger partial charge on any atom is 0.155 e. The number of rotatable bonds is 1. The lowest BCUT2D eigenvalue weighted by molar-refractivity contribution is -0.116. The Morgan fingerprint density at radius 1 is 1.19 bits per heavy atom. The molecule has 6 unspecified atom stereocenters. The van der Waals surface area contributed by atoms with Gasteiger partial charge in [-0.2, -0.15) is 0 Å². The fourth-order valence-electron chi connectivity index (χ4n) is 6.07. The summed E-state index contributed by atoms with van der Waals surface area (Å²) in [5.41, 5.74) is 1.56. The summed E-state index contributed by atoms with van der Waals surface area (Å²) >= 11 is 0. The summed E-state index contributed by atoms with van der Waals surface area (Å²) < 4.78 is 0. The Morgan fingerprint density at radius 2 is 2.05 bits per heavy atom. The first-order valence-corrected chi connectivity index (χ1v) is 8.75. The van der Waals surface area contributed by atoms with E-state index in [4.69, 9.17) is 0 Å². The van der Waals surface area contributed by atoms with Crippen LogP contribution in [0.4, 0.5) is 0 Å². The predicted molar refractivity (Wildman–Crippen MR) is 82.6 cm³/mol. The van der Waals surface area contributed by atoms with Crippen LogP contribution in [0.2, 0.25) is 0 Å². The Labute approximate surface area is 127 Å². The smallest absolute Gasteiger partial charge is 0.155 e. The number of fused-ring (bicyclic) bond motifs is 5. The van der Waals surface area contributed by atoms with E-state index in [0.717, 1.165) is 43.9 Å². The van der Waals surface area contributed by atoms with Crippen molar-refractivity contribution < 1.29 is 9.90 Å². The van der Waals surface area contributed by atoms with Gasteiger partial charge in [-0.25, -0.2) is 0 Å². The highest BCUT2D eigenvalue weighted by Crippen LogP contribution is 2.61. The van der Waals surface area contributed by atoms with Crippen LogP contribution in [-0.4, -0.2) is 17.0 Å². The van der Waals surface area contributed by atoms with E-state index in [-0.39, 0.29) is 11.5 Å². The third-order valence-electron chi connectivity index (χ3n) is 7.17. The van der Waals surface area contributed by atoms with Crippen LogP contribution in [0.15, 0.2) is 23.8 Å². The average molecular weight is 286 g/mol. The maximum atomic E-state index is 11.7. The molecule has 4 rings (SSSR count). The van der Waals surface area contributed by atoms with E-state index >= 15 is 0 Å². The quantitative estimate of drug-likeness (QED) is 0.747. The second kappa shape index (κ2) is 4.81. The van der Waals surface area contributed by atoms with Gasteiger partial charge in [0.1, 0.15) is 0 Å². The molecule has 2 nitrogen and oxygen atoms in total. The van der Waals surface area contributed by atoms with Crippen LogP contribution in [0.1, 0.15) is 51.9 Å². The van der Waals surface area contributed by atoms with Gasteiger partial charge in [0.05, 0.1) is 6.10 Å². The van der Waals surface area contributed by atoms with E-state index in [1.54, 1.807) is 0 Å². The highest BCUT2D eigenvalue weighted by atomic mass is 16.3. The first kappa shape index (κ1) is 13.8. The van der Waals surface area contributed by atoms with Crippen molar-refractivity contribution >= 4 is 5.78 Å². The second-order valence-electron chi connectivity index (χ2n) is 7.68. The average Bonchev–Trinajstić information content (AvgIpc) is 2.84. The van der Waals surface area contributed by atoms with E-state index in [1.165, 1.54) is 18.4 Å². The Hall–Kier alpha value is -0.890. The minimum absolute atomic E-state index is 0.118. The van der Waals surface area contributed by atoms with Crippen molar-refractivity contribution in [2.45, 2.75) is 58.0 Å². The Morgan fingerprint density at radius 3 is 2.86 bits per heavy atom. The molecule has 0 heterocycles. The monoisotopic (exact) mass is 286 g/mol. The molecule has 0 aromatic rings. The lowest BCUT2D eigenvalue weighted by Crippen LogP contribution is -2.49. The highest BCUT2D eigenvalue weighted by molar-refractivity contribution is 5.91. The molecule has 2 heteroatoms. The normalized spacial score (nSPS) is 48.4. The molecule has 0 spiro atoms. The van der Waals surface area contributed by atoms with Gasteiger partial charge in [-0.1, -0.05) is 24.6 Å². The Bertz CT molecular complexity index is 518. The summed E-state index contributed by atoms with van der Waals surface area (Å²) in [6.45, 7) is 2.25. The number of hydrogen-bond donors (Lipinski definition) is 1. The van der Waals surface area contributed by atoms with Crippen molar-refractivity contribution in [3.63, 3.8) is 0 Å². The number of hydrogen-bond acceptors (Lipinski definition) is 2. The van der Waals surface area contributed by atoms with E-state index in [0.29, 0.717) is 17.6 Å². The van der Waals surface area contributed by atoms with Crippen LogP contribution in [0.25, 0.3) is 0 Å². The second-order valence-corrected chi connectivity index (χ2v) is 7.68. The summed E-state index contributed by atoms with van der Waals surface area (Å²) in [4.78, 5) is 11.7. The molecule has 2 saturated carbocycles. The first-order chi connectivity index (χ1) is 10.2. The standard InChI is InChI=1S/C19H26O2/c1-2-19-10-9-15-14-6-4-13(20)11-12(14)3-5-16(15)17(19)7-8-18(19)21/h7-8,11,14-18,21H,2-6,9-10H2,1H3. The van der Waals surface area contributed by atoms with Crippen LogP contribution in [0.5, 0.6) is 0 Å². The van der Waals surface area contributed by atoms with Crippen LogP contribution in [0.3, 0.4) is 0 Å². The summed E-state index contributed by atoms with van der Waals surface area (Å²) in [5.74, 6) is 3.03. The lowest BCUT2D eigenvalue weighted by atomic mass is 9.51. The van der Waals surface area contributed by atoms with Crippen LogP contribution in [-0.2, 0) is 4.79 Å². The topological polar surface area (TPSA) is 37.3 Å². The largest absolute Gasteiger partial charge is 0.388 e. The molecule has 0 saturated heterocycles. The first-order valence-electron chi connectivity index (χ1n) is 8.75. The third-order valence-corrected chi connectivity index (χ3v) is 7.17. The van der Waals surface area contributed by atoms with Gasteiger partial charge in [-0.05, 0) is 68.3 Å². The number of carbonyl (C=O) groups is 1. The highest BCUT2D eigenvalue weighted by Gasteiger charge is 2.55. The molecule has 0 bridgehead atoms. The minimum Gasteiger partial charge on any atom is -0.388 e. The molecule has 0 radical (unpaired) electrons. The molecule has 4 aliphatic carbocycles. The fourth-order valence-corrected chi connectivity index (χ4v) is 6.07. The van der Waals surface area contributed by atoms with Gasteiger partial charge in [0.25, 0.3) is 0 Å². The van der Waals surface area contributed by atoms with Crippen molar-refractivity contribution in [3.8, 4) is 0 Å². The van der Waals surface area contributed by atoms with Gasteiger partial charge >= 0.3 is 0 Å². The number of ketones is 1. The third kappa shape index (κ3) is 1.84. The zero-order valence-electron chi connectivity index (χ0n) is 12.9. The van der Waals surface area contributed by atoms with E-state index < -0.39 is 0 Å². The fraction of sp³-hybridized carbons (Fsp3) is 0.737. The number of aliphatic hydroxyl groups is 1. The maximum absolute atomic E-state index is 11.7. The molecule has 114 valence electrons. The molecule has 0 aromatic carbocycles. The molecule has 4 aliphatic rings. The SMILES string of the molecule is CCC12CCC3C4CCC(=O)C=C4CCC3C1C=CC2O. The van der Waals surface area contributed by atoms with Gasteiger partial charge in [-0.3, -0.25) is 4.79 Å². The summed E-state index contributed by atoms with van der Waals surface area (Å²) in [6.07, 6.45) is 13.7. The van der Waals surface area contributed by atoms with Gasteiger partial charge < -0.3 is 5.11 Å². The molecule has 21 heavy (non-hydrogen) atoms. The summed E-state index contributed by atoms with van der Waals surface area (Å²) in [7, 11) is 0. The molecule has 2 fully saturated rings. The Kier molecular flexibility index (Phi) is 3.15. The van der Waals surface area contributed by atoms with Crippen molar-refractivity contribution in [2.24, 2.45) is 29.1 Å². The lowest BCUT2D eigenvalue weighted by Gasteiger charge is -2.54. The summed E-state index contributed by atoms with van der Waals surface area (Å²) in [6, 6.07) is 0. The van der Waals surface area contributed by atoms with Crippen molar-refractivity contribution in [1.29, 1.82) is 0 Å². The molecule has 0 aliphatic heterocycles. The Balaban J connectivity index is 1.65. The molecule has 1 N–H and O–H groups in total. The van der Waals surface area contributed by atoms with Crippen LogP contribution in [0, 0.1) is 29.1 Å². The van der Waals surface area contributed by atoms with E-state index in [9.17, 15) is 9.90 Å². The van der Waals surface area contributed by atoms with Gasteiger partial charge in [0.2, 0.25) is 0 Å². The van der Waals surface area contributed by atoms with Crippen LogP contribution >= 0.6 is 0 Å². The van der Waals surface area contributed by atoms with Crippen LogP contribution < -0.4 is 0 Å². The zero-order valence-corrected chi connectivity index (χ0v) is 12.9. The molecular weight excluding hydrogens is 260 g/mol. The van der Waals surface area contributed by atoms with E-state index in [1.807, 2.05) is 6.08 Å². The van der Waals surface area contributed by atoms with Gasteiger partial charge in [0, 0.05) is 11.8 Å². The van der Waals surface area contributed by atoms with Crippen molar-refractivity contribution in [1.82, 2.24) is 0 Å². The molecule has 6 atom stereocenters. The van der Waals surface area contributed by atoms with Crippen molar-refractivity contribution in [3.05, 3.63) is 23.8 Å².